The van der Waals surface area contributed by atoms with Crippen LogP contribution in [0.1, 0.15) is 51.0 Å². The lowest BCUT2D eigenvalue weighted by Crippen LogP contribution is -2.37. The SMILES string of the molecule is CC(C)NC1CCC(c2ccccc2)CC1. The van der Waals surface area contributed by atoms with Gasteiger partial charge in [-0.2, -0.15) is 0 Å². The molecule has 1 aromatic carbocycles. The van der Waals surface area contributed by atoms with Crippen molar-refractivity contribution in [2.24, 2.45) is 0 Å². The van der Waals surface area contributed by atoms with Gasteiger partial charge in [-0.15, -0.1) is 0 Å². The van der Waals surface area contributed by atoms with E-state index in [1.54, 1.807) is 0 Å². The molecule has 0 aromatic heterocycles. The fraction of sp³-hybridized carbons (Fsp3) is 0.600. The summed E-state index contributed by atoms with van der Waals surface area (Å²) in [5, 5.41) is 3.65. The summed E-state index contributed by atoms with van der Waals surface area (Å²) >= 11 is 0. The average Bonchev–Trinajstić information content (AvgIpc) is 2.30. The average molecular weight is 217 g/mol. The van der Waals surface area contributed by atoms with Crippen molar-refractivity contribution in [3.8, 4) is 0 Å². The van der Waals surface area contributed by atoms with Gasteiger partial charge in [0, 0.05) is 12.1 Å². The van der Waals surface area contributed by atoms with Gasteiger partial charge in [0.1, 0.15) is 0 Å². The summed E-state index contributed by atoms with van der Waals surface area (Å²) in [5.41, 5.74) is 1.53. The Kier molecular flexibility index (Phi) is 4.00. The molecular weight excluding hydrogens is 194 g/mol. The maximum Gasteiger partial charge on any atom is 0.00698 e. The normalized spacial score (nSPS) is 25.9. The third-order valence-electron chi connectivity index (χ3n) is 3.57. The Balaban J connectivity index is 1.86. The molecule has 1 saturated carbocycles. The van der Waals surface area contributed by atoms with Crippen LogP contribution in [0.4, 0.5) is 0 Å². The van der Waals surface area contributed by atoms with Crippen LogP contribution in [-0.2, 0) is 0 Å². The minimum absolute atomic E-state index is 0.623. The lowest BCUT2D eigenvalue weighted by molar-refractivity contribution is 0.326. The van der Waals surface area contributed by atoms with Gasteiger partial charge in [-0.05, 0) is 37.2 Å². The van der Waals surface area contributed by atoms with E-state index in [0.717, 1.165) is 12.0 Å². The van der Waals surface area contributed by atoms with Crippen LogP contribution in [0.25, 0.3) is 0 Å². The van der Waals surface area contributed by atoms with Crippen LogP contribution in [0.2, 0.25) is 0 Å². The van der Waals surface area contributed by atoms with Crippen molar-refractivity contribution in [3.05, 3.63) is 35.9 Å². The summed E-state index contributed by atoms with van der Waals surface area (Å²) < 4.78 is 0. The first-order chi connectivity index (χ1) is 7.75. The lowest BCUT2D eigenvalue weighted by atomic mass is 9.81. The van der Waals surface area contributed by atoms with E-state index in [0.29, 0.717) is 6.04 Å². The number of hydrogen-bond donors (Lipinski definition) is 1. The van der Waals surface area contributed by atoms with Gasteiger partial charge < -0.3 is 5.32 Å². The Labute approximate surface area is 99.3 Å². The standard InChI is InChI=1S/C15H23N/c1-12(2)16-15-10-8-14(9-11-15)13-6-4-3-5-7-13/h3-7,12,14-16H,8-11H2,1-2H3. The van der Waals surface area contributed by atoms with E-state index in [1.165, 1.54) is 31.2 Å². The van der Waals surface area contributed by atoms with Crippen molar-refractivity contribution in [1.82, 2.24) is 5.32 Å². The molecular formula is C15H23N. The molecule has 2 rings (SSSR count). The number of hydrogen-bond acceptors (Lipinski definition) is 1. The quantitative estimate of drug-likeness (QED) is 0.814. The van der Waals surface area contributed by atoms with Crippen molar-refractivity contribution < 1.29 is 0 Å². The van der Waals surface area contributed by atoms with Crippen LogP contribution in [-0.4, -0.2) is 12.1 Å². The second kappa shape index (κ2) is 5.49. The molecule has 0 amide bonds. The predicted octanol–water partition coefficient (Wildman–Crippen LogP) is 3.71. The van der Waals surface area contributed by atoms with Crippen LogP contribution in [0.15, 0.2) is 30.3 Å². The smallest absolute Gasteiger partial charge is 0.00698 e. The third-order valence-corrected chi connectivity index (χ3v) is 3.57. The van der Waals surface area contributed by atoms with Gasteiger partial charge in [-0.25, -0.2) is 0 Å². The maximum absolute atomic E-state index is 3.65. The highest BCUT2D eigenvalue weighted by atomic mass is 14.9. The second-order valence-electron chi connectivity index (χ2n) is 5.28. The van der Waals surface area contributed by atoms with Crippen LogP contribution in [0.3, 0.4) is 0 Å². The van der Waals surface area contributed by atoms with Gasteiger partial charge in [0.25, 0.3) is 0 Å². The molecule has 1 aromatic rings. The molecule has 16 heavy (non-hydrogen) atoms. The fourth-order valence-electron chi connectivity index (χ4n) is 2.79. The van der Waals surface area contributed by atoms with Crippen LogP contribution in [0.5, 0.6) is 0 Å². The van der Waals surface area contributed by atoms with Gasteiger partial charge in [-0.3, -0.25) is 0 Å². The van der Waals surface area contributed by atoms with Gasteiger partial charge in [0.05, 0.1) is 0 Å². The van der Waals surface area contributed by atoms with Gasteiger partial charge in [0.15, 0.2) is 0 Å². The fourth-order valence-corrected chi connectivity index (χ4v) is 2.79. The third kappa shape index (κ3) is 3.08. The number of benzene rings is 1. The van der Waals surface area contributed by atoms with E-state index in [9.17, 15) is 0 Å². The minimum Gasteiger partial charge on any atom is -0.312 e. The van der Waals surface area contributed by atoms with Gasteiger partial charge >= 0.3 is 0 Å². The molecule has 1 aliphatic carbocycles. The van der Waals surface area contributed by atoms with Crippen molar-refractivity contribution in [3.63, 3.8) is 0 Å². The first-order valence-corrected chi connectivity index (χ1v) is 6.56. The molecule has 0 radical (unpaired) electrons. The first kappa shape index (κ1) is 11.7. The van der Waals surface area contributed by atoms with Crippen molar-refractivity contribution in [2.45, 2.75) is 57.5 Å². The lowest BCUT2D eigenvalue weighted by Gasteiger charge is -2.30. The first-order valence-electron chi connectivity index (χ1n) is 6.56. The summed E-state index contributed by atoms with van der Waals surface area (Å²) in [6.45, 7) is 4.48. The van der Waals surface area contributed by atoms with E-state index in [-0.39, 0.29) is 0 Å². The van der Waals surface area contributed by atoms with E-state index in [2.05, 4.69) is 49.5 Å². The van der Waals surface area contributed by atoms with E-state index < -0.39 is 0 Å². The molecule has 0 heterocycles. The van der Waals surface area contributed by atoms with E-state index >= 15 is 0 Å². The Bertz CT molecular complexity index is 296. The highest BCUT2D eigenvalue weighted by Gasteiger charge is 2.22. The highest BCUT2D eigenvalue weighted by molar-refractivity contribution is 5.20. The zero-order chi connectivity index (χ0) is 11.4. The molecule has 0 unspecified atom stereocenters. The predicted molar refractivity (Wildman–Crippen MR) is 69.7 cm³/mol. The molecule has 1 fully saturated rings. The molecule has 1 heteroatoms. The molecule has 0 aliphatic heterocycles. The Morgan fingerprint density at radius 1 is 1.00 bits per heavy atom. The van der Waals surface area contributed by atoms with Crippen LogP contribution < -0.4 is 5.32 Å². The largest absolute Gasteiger partial charge is 0.312 e. The van der Waals surface area contributed by atoms with Crippen molar-refractivity contribution in [2.75, 3.05) is 0 Å². The molecule has 0 saturated heterocycles. The number of rotatable bonds is 3. The molecule has 1 nitrogen and oxygen atoms in total. The monoisotopic (exact) mass is 217 g/mol. The topological polar surface area (TPSA) is 12.0 Å². The summed E-state index contributed by atoms with van der Waals surface area (Å²) in [6, 6.07) is 12.4. The molecule has 1 N–H and O–H groups in total. The van der Waals surface area contributed by atoms with Crippen molar-refractivity contribution >= 4 is 0 Å². The molecule has 88 valence electrons. The highest BCUT2D eigenvalue weighted by Crippen LogP contribution is 2.32. The molecule has 0 bridgehead atoms. The summed E-state index contributed by atoms with van der Waals surface area (Å²) in [7, 11) is 0. The molecule has 1 aliphatic rings. The van der Waals surface area contributed by atoms with Crippen molar-refractivity contribution in [1.29, 1.82) is 0 Å². The minimum atomic E-state index is 0.623. The van der Waals surface area contributed by atoms with E-state index in [1.807, 2.05) is 0 Å². The zero-order valence-corrected chi connectivity index (χ0v) is 10.4. The van der Waals surface area contributed by atoms with Gasteiger partial charge in [0.2, 0.25) is 0 Å². The Hall–Kier alpha value is -0.820. The summed E-state index contributed by atoms with van der Waals surface area (Å²) in [4.78, 5) is 0. The summed E-state index contributed by atoms with van der Waals surface area (Å²) in [6.07, 6.45) is 5.35. The van der Waals surface area contributed by atoms with E-state index in [4.69, 9.17) is 0 Å². The zero-order valence-electron chi connectivity index (χ0n) is 10.4. The Morgan fingerprint density at radius 3 is 2.19 bits per heavy atom. The Morgan fingerprint density at radius 2 is 1.62 bits per heavy atom. The molecule has 0 spiro atoms. The summed E-state index contributed by atoms with van der Waals surface area (Å²) in [5.74, 6) is 0.798. The van der Waals surface area contributed by atoms with Crippen LogP contribution >= 0.6 is 0 Å². The van der Waals surface area contributed by atoms with Gasteiger partial charge in [-0.1, -0.05) is 44.2 Å². The van der Waals surface area contributed by atoms with Crippen LogP contribution in [0, 0.1) is 0 Å². The number of nitrogens with one attached hydrogen (secondary N) is 1. The second-order valence-corrected chi connectivity index (χ2v) is 5.28. The molecule has 0 atom stereocenters. The maximum atomic E-state index is 3.65.